The second-order valence-corrected chi connectivity index (χ2v) is 4.41. The van der Waals surface area contributed by atoms with E-state index in [-0.39, 0.29) is 0 Å². The van der Waals surface area contributed by atoms with E-state index in [1.165, 1.54) is 10.7 Å². The third-order valence-electron chi connectivity index (χ3n) is 2.25. The van der Waals surface area contributed by atoms with Crippen molar-refractivity contribution in [3.05, 3.63) is 46.4 Å². The summed E-state index contributed by atoms with van der Waals surface area (Å²) < 4.78 is 15.9. The lowest BCUT2D eigenvalue weighted by molar-refractivity contribution is 0.199. The number of aliphatic hydroxyl groups is 1. The molecule has 0 aliphatic rings. The van der Waals surface area contributed by atoms with Crippen LogP contribution in [-0.2, 0) is 0 Å². The van der Waals surface area contributed by atoms with E-state index in [1.807, 2.05) is 0 Å². The first-order valence-corrected chi connectivity index (χ1v) is 5.55. The van der Waals surface area contributed by atoms with Gasteiger partial charge in [0.15, 0.2) is 0 Å². The van der Waals surface area contributed by atoms with Crippen molar-refractivity contribution >= 4 is 15.9 Å². The van der Waals surface area contributed by atoms with Gasteiger partial charge in [-0.05, 0) is 40.5 Å². The van der Waals surface area contributed by atoms with E-state index in [1.54, 1.807) is 31.5 Å². The molecule has 2 rings (SSSR count). The van der Waals surface area contributed by atoms with Crippen LogP contribution in [0.2, 0.25) is 0 Å². The van der Waals surface area contributed by atoms with Crippen LogP contribution in [-0.4, -0.2) is 14.9 Å². The molecule has 1 N–H and O–H groups in total. The van der Waals surface area contributed by atoms with Gasteiger partial charge in [0.2, 0.25) is 0 Å². The number of hydrogen-bond donors (Lipinski definition) is 1. The largest absolute Gasteiger partial charge is 0.389 e. The van der Waals surface area contributed by atoms with Crippen molar-refractivity contribution < 1.29 is 9.50 Å². The van der Waals surface area contributed by atoms with E-state index in [2.05, 4.69) is 21.0 Å². The second-order valence-electron chi connectivity index (χ2n) is 3.49. The van der Waals surface area contributed by atoms with Gasteiger partial charge >= 0.3 is 0 Å². The van der Waals surface area contributed by atoms with Crippen molar-refractivity contribution in [3.8, 4) is 5.69 Å². The number of hydrogen-bond acceptors (Lipinski definition) is 2. The van der Waals surface area contributed by atoms with Gasteiger partial charge in [0, 0.05) is 6.20 Å². The van der Waals surface area contributed by atoms with Gasteiger partial charge < -0.3 is 5.11 Å². The summed E-state index contributed by atoms with van der Waals surface area (Å²) in [7, 11) is 0. The number of aliphatic hydroxyl groups excluding tert-OH is 1. The molecule has 2 aromatic rings. The Kier molecular flexibility index (Phi) is 3.07. The Hall–Kier alpha value is -1.20. The zero-order chi connectivity index (χ0) is 11.7. The molecule has 0 bridgehead atoms. The van der Waals surface area contributed by atoms with Gasteiger partial charge in [-0.1, -0.05) is 6.07 Å². The molecule has 0 saturated heterocycles. The summed E-state index contributed by atoms with van der Waals surface area (Å²) in [5.41, 5.74) is 0.905. The van der Waals surface area contributed by atoms with Crippen LogP contribution in [0.4, 0.5) is 4.39 Å². The highest BCUT2D eigenvalue weighted by atomic mass is 79.9. The molecular weight excluding hydrogens is 275 g/mol. The molecule has 1 heterocycles. The van der Waals surface area contributed by atoms with Crippen LogP contribution >= 0.6 is 15.9 Å². The Bertz CT molecular complexity index is 510. The molecule has 0 saturated carbocycles. The van der Waals surface area contributed by atoms with Gasteiger partial charge in [0.05, 0.1) is 16.8 Å². The van der Waals surface area contributed by atoms with Crippen LogP contribution in [0.5, 0.6) is 0 Å². The van der Waals surface area contributed by atoms with Crippen molar-refractivity contribution in [1.82, 2.24) is 9.78 Å². The third-order valence-corrected chi connectivity index (χ3v) is 2.66. The molecule has 1 aromatic carbocycles. The lowest BCUT2D eigenvalue weighted by atomic mass is 10.1. The Morgan fingerprint density at radius 1 is 1.50 bits per heavy atom. The van der Waals surface area contributed by atoms with E-state index in [4.69, 9.17) is 0 Å². The predicted molar refractivity (Wildman–Crippen MR) is 61.9 cm³/mol. The molecule has 0 aliphatic carbocycles. The molecule has 5 heteroatoms. The highest BCUT2D eigenvalue weighted by Crippen LogP contribution is 2.20. The molecule has 1 atom stereocenters. The minimum absolute atomic E-state index is 0.357. The number of nitrogens with zero attached hydrogens (tertiary/aromatic N) is 2. The summed E-state index contributed by atoms with van der Waals surface area (Å²) in [6.45, 7) is 1.60. The number of halogens is 2. The van der Waals surface area contributed by atoms with Gasteiger partial charge in [-0.2, -0.15) is 5.10 Å². The van der Waals surface area contributed by atoms with Crippen molar-refractivity contribution in [1.29, 1.82) is 0 Å². The van der Waals surface area contributed by atoms with E-state index in [0.717, 1.165) is 4.47 Å². The molecule has 1 aromatic heterocycles. The molecule has 3 nitrogen and oxygen atoms in total. The predicted octanol–water partition coefficient (Wildman–Crippen LogP) is 2.83. The molecule has 0 fully saturated rings. The molecular formula is C11H10BrFN2O. The summed E-state index contributed by atoms with van der Waals surface area (Å²) in [5.74, 6) is -0.408. The van der Waals surface area contributed by atoms with E-state index in [0.29, 0.717) is 11.3 Å². The highest BCUT2D eigenvalue weighted by Gasteiger charge is 2.09. The average Bonchev–Trinajstić information content (AvgIpc) is 2.64. The number of rotatable bonds is 2. The SMILES string of the molecule is CC(O)c1ccc(-n2cc(Br)cn2)c(F)c1. The third kappa shape index (κ3) is 2.15. The van der Waals surface area contributed by atoms with Gasteiger partial charge in [-0.3, -0.25) is 0 Å². The first-order chi connectivity index (χ1) is 7.58. The normalized spacial score (nSPS) is 12.8. The quantitative estimate of drug-likeness (QED) is 0.921. The van der Waals surface area contributed by atoms with Gasteiger partial charge in [0.25, 0.3) is 0 Å². The summed E-state index contributed by atoms with van der Waals surface area (Å²) in [5, 5.41) is 13.3. The highest BCUT2D eigenvalue weighted by molar-refractivity contribution is 9.10. The first kappa shape index (κ1) is 11.3. The van der Waals surface area contributed by atoms with Crippen LogP contribution in [0.15, 0.2) is 35.1 Å². The standard InChI is InChI=1S/C11H10BrFN2O/c1-7(16)8-2-3-11(10(13)4-8)15-6-9(12)5-14-15/h2-7,16H,1H3. The lowest BCUT2D eigenvalue weighted by Gasteiger charge is -2.07. The van der Waals surface area contributed by atoms with Gasteiger partial charge in [-0.15, -0.1) is 0 Å². The van der Waals surface area contributed by atoms with Crippen LogP contribution in [0.1, 0.15) is 18.6 Å². The van der Waals surface area contributed by atoms with Crippen LogP contribution < -0.4 is 0 Å². The minimum Gasteiger partial charge on any atom is -0.389 e. The monoisotopic (exact) mass is 284 g/mol. The maximum absolute atomic E-state index is 13.7. The molecule has 0 radical (unpaired) electrons. The Morgan fingerprint density at radius 3 is 2.75 bits per heavy atom. The number of aromatic nitrogens is 2. The van der Waals surface area contributed by atoms with E-state index >= 15 is 0 Å². The van der Waals surface area contributed by atoms with Crippen LogP contribution in [0, 0.1) is 5.82 Å². The Labute approximate surface area is 101 Å². The fourth-order valence-electron chi connectivity index (χ4n) is 1.40. The number of benzene rings is 1. The fraction of sp³-hybridized carbons (Fsp3) is 0.182. The average molecular weight is 285 g/mol. The van der Waals surface area contributed by atoms with Crippen molar-refractivity contribution in [2.45, 2.75) is 13.0 Å². The molecule has 0 aliphatic heterocycles. The summed E-state index contributed by atoms with van der Waals surface area (Å²) in [6, 6.07) is 4.59. The Morgan fingerprint density at radius 2 is 2.25 bits per heavy atom. The van der Waals surface area contributed by atoms with Crippen LogP contribution in [0.25, 0.3) is 5.69 Å². The maximum Gasteiger partial charge on any atom is 0.149 e. The smallest absolute Gasteiger partial charge is 0.149 e. The van der Waals surface area contributed by atoms with Crippen molar-refractivity contribution in [3.63, 3.8) is 0 Å². The zero-order valence-electron chi connectivity index (χ0n) is 8.56. The zero-order valence-corrected chi connectivity index (χ0v) is 10.1. The first-order valence-electron chi connectivity index (χ1n) is 4.76. The molecule has 0 amide bonds. The van der Waals surface area contributed by atoms with Crippen LogP contribution in [0.3, 0.4) is 0 Å². The summed E-state index contributed by atoms with van der Waals surface area (Å²) in [6.07, 6.45) is 2.58. The second kappa shape index (κ2) is 4.35. The van der Waals surface area contributed by atoms with Crippen molar-refractivity contribution in [2.75, 3.05) is 0 Å². The Balaban J connectivity index is 2.44. The summed E-state index contributed by atoms with van der Waals surface area (Å²) in [4.78, 5) is 0. The minimum atomic E-state index is -0.673. The molecule has 1 unspecified atom stereocenters. The van der Waals surface area contributed by atoms with Gasteiger partial charge in [-0.25, -0.2) is 9.07 Å². The molecule has 0 spiro atoms. The topological polar surface area (TPSA) is 38.0 Å². The fourth-order valence-corrected chi connectivity index (χ4v) is 1.69. The summed E-state index contributed by atoms with van der Waals surface area (Å²) >= 11 is 3.25. The molecule has 16 heavy (non-hydrogen) atoms. The maximum atomic E-state index is 13.7. The molecule has 84 valence electrons. The van der Waals surface area contributed by atoms with E-state index in [9.17, 15) is 9.50 Å². The lowest BCUT2D eigenvalue weighted by Crippen LogP contribution is -2.00. The van der Waals surface area contributed by atoms with E-state index < -0.39 is 11.9 Å². The van der Waals surface area contributed by atoms with Gasteiger partial charge in [0.1, 0.15) is 11.5 Å². The van der Waals surface area contributed by atoms with Crippen molar-refractivity contribution in [2.24, 2.45) is 0 Å².